The zero-order valence-electron chi connectivity index (χ0n) is 16.4. The van der Waals surface area contributed by atoms with Gasteiger partial charge in [-0.1, -0.05) is 42.0 Å². The molecule has 0 bridgehead atoms. The Morgan fingerprint density at radius 2 is 1.62 bits per heavy atom. The molecule has 1 aliphatic rings. The fourth-order valence-electron chi connectivity index (χ4n) is 3.87. The molecule has 0 amide bonds. The van der Waals surface area contributed by atoms with Crippen LogP contribution in [0.5, 0.6) is 0 Å². The van der Waals surface area contributed by atoms with Crippen LogP contribution in [0, 0.1) is 12.7 Å². The zero-order chi connectivity index (χ0) is 20.6. The van der Waals surface area contributed by atoms with Crippen molar-refractivity contribution in [1.82, 2.24) is 0 Å². The first-order chi connectivity index (χ1) is 13.8. The molecule has 4 rings (SSSR count). The predicted molar refractivity (Wildman–Crippen MR) is 117 cm³/mol. The van der Waals surface area contributed by atoms with Gasteiger partial charge < -0.3 is 0 Å². The molecule has 0 aromatic heterocycles. The lowest BCUT2D eigenvalue weighted by Gasteiger charge is -2.13. The Labute approximate surface area is 171 Å². The van der Waals surface area contributed by atoms with Crippen molar-refractivity contribution in [3.05, 3.63) is 99.9 Å². The maximum absolute atomic E-state index is 13.9. The maximum atomic E-state index is 13.9. The maximum Gasteiger partial charge on any atom is 0.229 e. The normalized spacial score (nSPS) is 14.8. The van der Waals surface area contributed by atoms with Crippen LogP contribution < -0.4 is 4.72 Å². The number of nitrogens with one attached hydrogen (secondary N) is 1. The Morgan fingerprint density at radius 3 is 2.34 bits per heavy atom. The van der Waals surface area contributed by atoms with Crippen molar-refractivity contribution in [2.24, 2.45) is 0 Å². The monoisotopic (exact) mass is 407 g/mol. The quantitative estimate of drug-likeness (QED) is 0.649. The lowest BCUT2D eigenvalue weighted by atomic mass is 9.91. The lowest BCUT2D eigenvalue weighted by Crippen LogP contribution is -2.09. The lowest BCUT2D eigenvalue weighted by molar-refractivity contribution is 0.607. The summed E-state index contributed by atoms with van der Waals surface area (Å²) in [5.41, 5.74) is 7.95. The Balaban J connectivity index is 1.89. The molecule has 5 heteroatoms. The highest BCUT2D eigenvalue weighted by Gasteiger charge is 2.19. The second kappa shape index (κ2) is 7.48. The Kier molecular flexibility index (Phi) is 5.01. The molecule has 3 aromatic carbocycles. The number of sulfonamides is 1. The highest BCUT2D eigenvalue weighted by molar-refractivity contribution is 7.92. The number of halogens is 1. The van der Waals surface area contributed by atoms with E-state index in [0.29, 0.717) is 5.69 Å². The average molecular weight is 408 g/mol. The van der Waals surface area contributed by atoms with Crippen molar-refractivity contribution in [3.63, 3.8) is 0 Å². The van der Waals surface area contributed by atoms with E-state index in [1.54, 1.807) is 18.2 Å². The predicted octanol–water partition coefficient (Wildman–Crippen LogP) is 5.19. The fraction of sp³-hybridized carbons (Fsp3) is 0.167. The number of rotatable bonds is 3. The van der Waals surface area contributed by atoms with Gasteiger partial charge in [-0.2, -0.15) is 0 Å². The van der Waals surface area contributed by atoms with Crippen LogP contribution in [-0.4, -0.2) is 14.7 Å². The van der Waals surface area contributed by atoms with Crippen LogP contribution in [-0.2, 0) is 22.9 Å². The summed E-state index contributed by atoms with van der Waals surface area (Å²) in [7, 11) is -3.35. The Morgan fingerprint density at radius 1 is 0.931 bits per heavy atom. The van der Waals surface area contributed by atoms with E-state index >= 15 is 0 Å². The van der Waals surface area contributed by atoms with Crippen LogP contribution in [0.2, 0.25) is 0 Å². The van der Waals surface area contributed by atoms with Gasteiger partial charge in [-0.25, -0.2) is 12.8 Å². The molecule has 3 aromatic rings. The second-order valence-electron chi connectivity index (χ2n) is 7.52. The Bertz CT molecular complexity index is 1170. The summed E-state index contributed by atoms with van der Waals surface area (Å²) < 4.78 is 39.6. The SMILES string of the molecule is Cc1ccc2c(c1)CCc1cc(F)ccc1C2=Cc1cccc(NS(C)(=O)=O)c1. The molecule has 1 N–H and O–H groups in total. The van der Waals surface area contributed by atoms with Gasteiger partial charge in [0, 0.05) is 5.69 Å². The van der Waals surface area contributed by atoms with Gasteiger partial charge in [0.15, 0.2) is 0 Å². The van der Waals surface area contributed by atoms with Gasteiger partial charge in [0.2, 0.25) is 10.0 Å². The molecule has 0 spiro atoms. The van der Waals surface area contributed by atoms with E-state index in [4.69, 9.17) is 0 Å². The third-order valence-electron chi connectivity index (χ3n) is 5.07. The van der Waals surface area contributed by atoms with Gasteiger partial charge in [0.1, 0.15) is 5.82 Å². The summed E-state index contributed by atoms with van der Waals surface area (Å²) in [5.74, 6) is -0.232. The van der Waals surface area contributed by atoms with E-state index in [1.165, 1.54) is 17.2 Å². The molecule has 0 saturated carbocycles. The van der Waals surface area contributed by atoms with Crippen molar-refractivity contribution in [2.45, 2.75) is 19.8 Å². The van der Waals surface area contributed by atoms with Crippen LogP contribution >= 0.6 is 0 Å². The van der Waals surface area contributed by atoms with Crippen molar-refractivity contribution >= 4 is 27.4 Å². The number of benzene rings is 3. The molecule has 148 valence electrons. The molecule has 3 nitrogen and oxygen atoms in total. The van der Waals surface area contributed by atoms with Crippen LogP contribution in [0.15, 0.2) is 60.7 Å². The van der Waals surface area contributed by atoms with Crippen LogP contribution in [0.3, 0.4) is 0 Å². The van der Waals surface area contributed by atoms with Crippen LogP contribution in [0.4, 0.5) is 10.1 Å². The zero-order valence-corrected chi connectivity index (χ0v) is 17.2. The molecular formula is C24H22FNO2S. The molecule has 0 radical (unpaired) electrons. The van der Waals surface area contributed by atoms with E-state index in [2.05, 4.69) is 29.8 Å². The number of fused-ring (bicyclic) bond motifs is 2. The minimum atomic E-state index is -3.35. The van der Waals surface area contributed by atoms with Crippen molar-refractivity contribution in [2.75, 3.05) is 11.0 Å². The topological polar surface area (TPSA) is 46.2 Å². The van der Waals surface area contributed by atoms with Gasteiger partial charge in [0.05, 0.1) is 6.26 Å². The molecule has 0 atom stereocenters. The fourth-order valence-corrected chi connectivity index (χ4v) is 4.42. The van der Waals surface area contributed by atoms with Gasteiger partial charge in [-0.3, -0.25) is 4.72 Å². The molecule has 0 heterocycles. The Hall–Kier alpha value is -2.92. The first-order valence-corrected chi connectivity index (χ1v) is 11.4. The van der Waals surface area contributed by atoms with E-state index < -0.39 is 10.0 Å². The van der Waals surface area contributed by atoms with Crippen molar-refractivity contribution in [1.29, 1.82) is 0 Å². The number of hydrogen-bond donors (Lipinski definition) is 1. The van der Waals surface area contributed by atoms with Gasteiger partial charge >= 0.3 is 0 Å². The summed E-state index contributed by atoms with van der Waals surface area (Å²) >= 11 is 0. The molecule has 0 saturated heterocycles. The standard InChI is InChI=1S/C24H22FNO2S/c1-16-6-10-22-18(12-16)7-8-19-15-20(25)9-11-23(19)24(22)14-17-4-3-5-21(13-17)26-29(2,27)28/h3-6,9-15,26H,7-8H2,1-2H3. The van der Waals surface area contributed by atoms with Gasteiger partial charge in [-0.05, 0) is 83.5 Å². The van der Waals surface area contributed by atoms with E-state index in [1.807, 2.05) is 24.3 Å². The molecule has 0 aliphatic heterocycles. The summed E-state index contributed by atoms with van der Waals surface area (Å²) in [4.78, 5) is 0. The largest absolute Gasteiger partial charge is 0.284 e. The summed E-state index contributed by atoms with van der Waals surface area (Å²) in [5, 5.41) is 0. The minimum Gasteiger partial charge on any atom is -0.284 e. The third-order valence-corrected chi connectivity index (χ3v) is 5.68. The van der Waals surface area contributed by atoms with Gasteiger partial charge in [-0.15, -0.1) is 0 Å². The highest BCUT2D eigenvalue weighted by Crippen LogP contribution is 2.36. The first-order valence-electron chi connectivity index (χ1n) is 9.47. The van der Waals surface area contributed by atoms with Crippen LogP contribution in [0.25, 0.3) is 11.6 Å². The minimum absolute atomic E-state index is 0.232. The van der Waals surface area contributed by atoms with Crippen molar-refractivity contribution < 1.29 is 12.8 Å². The smallest absolute Gasteiger partial charge is 0.229 e. The van der Waals surface area contributed by atoms with Crippen molar-refractivity contribution in [3.8, 4) is 0 Å². The molecule has 0 fully saturated rings. The number of aryl methyl sites for hydroxylation is 3. The van der Waals surface area contributed by atoms with E-state index in [0.717, 1.165) is 46.9 Å². The number of anilines is 1. The third kappa shape index (κ3) is 4.40. The van der Waals surface area contributed by atoms with Gasteiger partial charge in [0.25, 0.3) is 0 Å². The summed E-state index contributed by atoms with van der Waals surface area (Å²) in [6.45, 7) is 2.07. The first kappa shape index (κ1) is 19.4. The van der Waals surface area contributed by atoms with E-state index in [-0.39, 0.29) is 5.82 Å². The second-order valence-corrected chi connectivity index (χ2v) is 9.27. The molecule has 1 aliphatic carbocycles. The molecule has 29 heavy (non-hydrogen) atoms. The van der Waals surface area contributed by atoms with E-state index in [9.17, 15) is 12.8 Å². The average Bonchev–Trinajstić information content (AvgIpc) is 2.77. The summed E-state index contributed by atoms with van der Waals surface area (Å²) in [6.07, 6.45) is 4.80. The highest BCUT2D eigenvalue weighted by atomic mass is 32.2. The number of hydrogen-bond acceptors (Lipinski definition) is 2. The summed E-state index contributed by atoms with van der Waals surface area (Å²) in [6, 6.07) is 18.6. The molecule has 0 unspecified atom stereocenters. The molecular weight excluding hydrogens is 385 g/mol. The van der Waals surface area contributed by atoms with Crippen LogP contribution in [0.1, 0.15) is 33.4 Å².